The maximum atomic E-state index is 12.1. The van der Waals surface area contributed by atoms with Crippen LogP contribution in [-0.4, -0.2) is 29.1 Å². The minimum Gasteiger partial charge on any atom is -0.508 e. The predicted octanol–water partition coefficient (Wildman–Crippen LogP) is 1.56. The summed E-state index contributed by atoms with van der Waals surface area (Å²) in [6.07, 6.45) is 2.80. The molecule has 0 saturated carbocycles. The molecule has 0 amide bonds. The quantitative estimate of drug-likeness (QED) is 0.717. The van der Waals surface area contributed by atoms with Gasteiger partial charge < -0.3 is 15.5 Å². The SMILES string of the molecule is [2H]C1=C(O)C=C/C(=C(/NCCO)c2ccccc2)C1=O. The zero-order valence-corrected chi connectivity index (χ0v) is 10.3. The second kappa shape index (κ2) is 6.02. The van der Waals surface area contributed by atoms with Gasteiger partial charge in [0, 0.05) is 18.2 Å². The minimum absolute atomic E-state index is 0.0731. The van der Waals surface area contributed by atoms with Gasteiger partial charge in [0.25, 0.3) is 0 Å². The number of hydrogen-bond acceptors (Lipinski definition) is 4. The van der Waals surface area contributed by atoms with Crippen LogP contribution in [0.15, 0.2) is 59.9 Å². The summed E-state index contributed by atoms with van der Waals surface area (Å²) in [5.74, 6) is -0.886. The fraction of sp³-hybridized carbons (Fsp3) is 0.133. The molecule has 3 N–H and O–H groups in total. The topological polar surface area (TPSA) is 69.6 Å². The third kappa shape index (κ3) is 3.11. The summed E-state index contributed by atoms with van der Waals surface area (Å²) in [5.41, 5.74) is 1.62. The number of hydrogen-bond donors (Lipinski definition) is 3. The molecule has 0 fully saturated rings. The van der Waals surface area contributed by atoms with E-state index in [1.807, 2.05) is 30.3 Å². The van der Waals surface area contributed by atoms with E-state index in [2.05, 4.69) is 5.32 Å². The zero-order valence-electron chi connectivity index (χ0n) is 11.3. The van der Waals surface area contributed by atoms with Crippen LogP contribution in [0.2, 0.25) is 0 Å². The normalized spacial score (nSPS) is 18.4. The van der Waals surface area contributed by atoms with E-state index in [0.717, 1.165) is 5.56 Å². The highest BCUT2D eigenvalue weighted by Crippen LogP contribution is 2.21. The Kier molecular flexibility index (Phi) is 3.72. The molecule has 0 unspecified atom stereocenters. The van der Waals surface area contributed by atoms with Crippen LogP contribution in [0.4, 0.5) is 0 Å². The molecule has 1 aromatic carbocycles. The maximum Gasteiger partial charge on any atom is 0.191 e. The van der Waals surface area contributed by atoms with E-state index in [9.17, 15) is 9.90 Å². The van der Waals surface area contributed by atoms with Gasteiger partial charge in [-0.15, -0.1) is 0 Å². The lowest BCUT2D eigenvalue weighted by Crippen LogP contribution is -2.20. The summed E-state index contributed by atoms with van der Waals surface area (Å²) in [6, 6.07) is 8.76. The monoisotopic (exact) mass is 258 g/mol. The van der Waals surface area contributed by atoms with Crippen LogP contribution < -0.4 is 5.32 Å². The average molecular weight is 258 g/mol. The number of benzene rings is 1. The molecule has 1 aliphatic rings. The van der Waals surface area contributed by atoms with Crippen LogP contribution in [0.5, 0.6) is 0 Å². The zero-order chi connectivity index (χ0) is 14.5. The van der Waals surface area contributed by atoms with Crippen molar-refractivity contribution in [3.8, 4) is 0 Å². The fourth-order valence-corrected chi connectivity index (χ4v) is 1.80. The Hall–Kier alpha value is -2.33. The Morgan fingerprint density at radius 1 is 1.26 bits per heavy atom. The van der Waals surface area contributed by atoms with Crippen molar-refractivity contribution < 1.29 is 16.4 Å². The number of rotatable bonds is 4. The highest BCUT2D eigenvalue weighted by Gasteiger charge is 2.16. The van der Waals surface area contributed by atoms with E-state index in [4.69, 9.17) is 6.48 Å². The number of aliphatic hydroxyl groups is 2. The van der Waals surface area contributed by atoms with Crippen LogP contribution in [-0.2, 0) is 4.79 Å². The third-order valence-corrected chi connectivity index (χ3v) is 2.64. The second-order valence-corrected chi connectivity index (χ2v) is 3.98. The van der Waals surface area contributed by atoms with E-state index < -0.39 is 11.8 Å². The van der Waals surface area contributed by atoms with Crippen LogP contribution in [0, 0.1) is 0 Å². The van der Waals surface area contributed by atoms with E-state index in [0.29, 0.717) is 11.3 Å². The molecular formula is C15H15NO3. The molecule has 19 heavy (non-hydrogen) atoms. The highest BCUT2D eigenvalue weighted by molar-refractivity contribution is 6.12. The lowest BCUT2D eigenvalue weighted by atomic mass is 9.99. The first-order valence-corrected chi connectivity index (χ1v) is 5.92. The van der Waals surface area contributed by atoms with Gasteiger partial charge in [0.05, 0.1) is 13.7 Å². The predicted molar refractivity (Wildman–Crippen MR) is 73.3 cm³/mol. The standard InChI is InChI=1S/C15H15NO3/c17-9-8-16-15(11-4-2-1-3-5-11)13-7-6-12(18)10-14(13)19/h1-7,10,16-18H,8-9H2/b15-13-/i10D. The first-order valence-electron chi connectivity index (χ1n) is 6.42. The van der Waals surface area contributed by atoms with E-state index >= 15 is 0 Å². The molecule has 1 aromatic rings. The number of allylic oxidation sites excluding steroid dienone is 4. The molecule has 0 spiro atoms. The number of carbonyl (C=O) groups excluding carboxylic acids is 1. The van der Waals surface area contributed by atoms with Gasteiger partial charge in [0.15, 0.2) is 5.78 Å². The van der Waals surface area contributed by atoms with Crippen molar-refractivity contribution in [1.82, 2.24) is 5.32 Å². The van der Waals surface area contributed by atoms with Crippen molar-refractivity contribution in [2.24, 2.45) is 0 Å². The smallest absolute Gasteiger partial charge is 0.191 e. The highest BCUT2D eigenvalue weighted by atomic mass is 16.3. The lowest BCUT2D eigenvalue weighted by Gasteiger charge is -2.15. The number of aliphatic hydroxyl groups excluding tert-OH is 2. The summed E-state index contributed by atoms with van der Waals surface area (Å²) in [4.78, 5) is 12.1. The molecule has 0 radical (unpaired) electrons. The molecule has 98 valence electrons. The van der Waals surface area contributed by atoms with Gasteiger partial charge in [-0.1, -0.05) is 30.3 Å². The average Bonchev–Trinajstić information content (AvgIpc) is 2.48. The van der Waals surface area contributed by atoms with Crippen LogP contribution in [0.25, 0.3) is 5.70 Å². The molecule has 0 heterocycles. The van der Waals surface area contributed by atoms with Gasteiger partial charge in [0.1, 0.15) is 5.76 Å². The molecule has 2 rings (SSSR count). The van der Waals surface area contributed by atoms with Gasteiger partial charge in [-0.2, -0.15) is 0 Å². The van der Waals surface area contributed by atoms with Gasteiger partial charge in [-0.25, -0.2) is 0 Å². The summed E-state index contributed by atoms with van der Waals surface area (Å²) >= 11 is 0. The molecular weight excluding hydrogens is 242 g/mol. The Balaban J connectivity index is 2.49. The number of carbonyl (C=O) groups is 1. The molecule has 0 aliphatic heterocycles. The largest absolute Gasteiger partial charge is 0.508 e. The van der Waals surface area contributed by atoms with E-state index in [1.165, 1.54) is 12.2 Å². The summed E-state index contributed by atoms with van der Waals surface area (Å²) in [6.45, 7) is 0.216. The Bertz CT molecular complexity index is 603. The molecule has 0 bridgehead atoms. The molecule has 1 aliphatic carbocycles. The van der Waals surface area contributed by atoms with Crippen molar-refractivity contribution in [1.29, 1.82) is 0 Å². The minimum atomic E-state index is -0.547. The Morgan fingerprint density at radius 3 is 2.68 bits per heavy atom. The first kappa shape index (κ1) is 11.7. The van der Waals surface area contributed by atoms with Gasteiger partial charge in [-0.3, -0.25) is 4.79 Å². The summed E-state index contributed by atoms with van der Waals surface area (Å²) in [5, 5.41) is 21.3. The van der Waals surface area contributed by atoms with Crippen molar-refractivity contribution in [2.75, 3.05) is 13.2 Å². The molecule has 0 atom stereocenters. The molecule has 4 nitrogen and oxygen atoms in total. The van der Waals surface area contributed by atoms with Crippen molar-refractivity contribution in [2.45, 2.75) is 0 Å². The van der Waals surface area contributed by atoms with E-state index in [-0.39, 0.29) is 18.9 Å². The number of ketones is 1. The molecule has 0 aromatic heterocycles. The third-order valence-electron chi connectivity index (χ3n) is 2.64. The van der Waals surface area contributed by atoms with Crippen LogP contribution >= 0.6 is 0 Å². The summed E-state index contributed by atoms with van der Waals surface area (Å²) < 4.78 is 7.56. The lowest BCUT2D eigenvalue weighted by molar-refractivity contribution is -0.111. The summed E-state index contributed by atoms with van der Waals surface area (Å²) in [7, 11) is 0. The van der Waals surface area contributed by atoms with Crippen molar-refractivity contribution in [3.63, 3.8) is 0 Å². The van der Waals surface area contributed by atoms with Gasteiger partial charge >= 0.3 is 0 Å². The first-order chi connectivity index (χ1) is 9.65. The Morgan fingerprint density at radius 2 is 2.00 bits per heavy atom. The fourth-order valence-electron chi connectivity index (χ4n) is 1.80. The van der Waals surface area contributed by atoms with Crippen molar-refractivity contribution in [3.05, 3.63) is 65.4 Å². The van der Waals surface area contributed by atoms with Crippen molar-refractivity contribution >= 4 is 11.5 Å². The van der Waals surface area contributed by atoms with Gasteiger partial charge in [0.2, 0.25) is 0 Å². The van der Waals surface area contributed by atoms with Crippen LogP contribution in [0.1, 0.15) is 6.93 Å². The maximum absolute atomic E-state index is 12.1. The number of nitrogens with one attached hydrogen (secondary N) is 1. The second-order valence-electron chi connectivity index (χ2n) is 3.98. The van der Waals surface area contributed by atoms with E-state index in [1.54, 1.807) is 0 Å². The van der Waals surface area contributed by atoms with Crippen LogP contribution in [0.3, 0.4) is 0 Å². The Labute approximate surface area is 112 Å². The molecule has 0 saturated heterocycles. The molecule has 4 heteroatoms. The van der Waals surface area contributed by atoms with Gasteiger partial charge in [-0.05, 0) is 17.7 Å².